The minimum atomic E-state index is -0.271. The lowest BCUT2D eigenvalue weighted by atomic mass is 10.1. The fourth-order valence-electron chi connectivity index (χ4n) is 1.24. The van der Waals surface area contributed by atoms with E-state index in [9.17, 15) is 4.79 Å². The van der Waals surface area contributed by atoms with Crippen LogP contribution in [0.15, 0.2) is 0 Å². The van der Waals surface area contributed by atoms with Gasteiger partial charge in [0.05, 0.1) is 0 Å². The first-order chi connectivity index (χ1) is 5.34. The van der Waals surface area contributed by atoms with Gasteiger partial charge in [0.2, 0.25) is 0 Å². The van der Waals surface area contributed by atoms with Crippen LogP contribution in [0.4, 0.5) is 4.79 Å². The molecule has 0 aromatic rings. The monoisotopic (exact) mass is 194 g/mol. The van der Waals surface area contributed by atoms with Gasteiger partial charge < -0.3 is 9.64 Å². The van der Waals surface area contributed by atoms with Gasteiger partial charge in [-0.1, -0.05) is 0 Å². The number of amides is 1. The highest BCUT2D eigenvalue weighted by Crippen LogP contribution is 2.09. The van der Waals surface area contributed by atoms with Gasteiger partial charge in [0.15, 0.2) is 0 Å². The number of piperidine rings is 1. The van der Waals surface area contributed by atoms with Crippen LogP contribution in [0.1, 0.15) is 19.3 Å². The van der Waals surface area contributed by atoms with E-state index in [1.54, 1.807) is 4.90 Å². The molecule has 0 spiro atoms. The fraction of sp³-hybridized carbons (Fsp3) is 0.857. The van der Waals surface area contributed by atoms with Crippen LogP contribution in [-0.4, -0.2) is 30.8 Å². The Bertz CT molecular complexity index is 137. The number of nitrogens with two attached hydrogens (primary N) is 1. The molecule has 1 aliphatic heterocycles. The van der Waals surface area contributed by atoms with Gasteiger partial charge in [-0.05, 0) is 19.3 Å². The second kappa shape index (κ2) is 6.08. The zero-order chi connectivity index (χ0) is 8.10. The van der Waals surface area contributed by atoms with E-state index in [0.29, 0.717) is 0 Å². The van der Waals surface area contributed by atoms with E-state index in [4.69, 9.17) is 5.73 Å². The third-order valence-corrected chi connectivity index (χ3v) is 1.82. The van der Waals surface area contributed by atoms with Crippen molar-refractivity contribution in [2.24, 2.45) is 5.73 Å². The van der Waals surface area contributed by atoms with Gasteiger partial charge in [-0.3, -0.25) is 5.73 Å². The molecule has 1 saturated heterocycles. The van der Waals surface area contributed by atoms with Crippen molar-refractivity contribution >= 4 is 18.5 Å². The third kappa shape index (κ3) is 3.28. The van der Waals surface area contributed by atoms with Crippen LogP contribution in [-0.2, 0) is 4.74 Å². The zero-order valence-electron chi connectivity index (χ0n) is 6.99. The molecular formula is C7H15ClN2O2. The molecule has 0 atom stereocenters. The minimum absolute atomic E-state index is 0. The number of ether oxygens (including phenoxy) is 1. The van der Waals surface area contributed by atoms with Crippen molar-refractivity contribution in [1.29, 1.82) is 0 Å². The largest absolute Gasteiger partial charge is 0.434 e. The highest BCUT2D eigenvalue weighted by molar-refractivity contribution is 5.85. The van der Waals surface area contributed by atoms with Crippen LogP contribution in [0.5, 0.6) is 0 Å². The first kappa shape index (κ1) is 11.5. The number of likely N-dealkylation sites (tertiary alicyclic amines) is 1. The number of nitrogens with zero attached hydrogens (tertiary/aromatic N) is 1. The number of hydrogen-bond acceptors (Lipinski definition) is 3. The van der Waals surface area contributed by atoms with E-state index >= 15 is 0 Å². The Morgan fingerprint density at radius 3 is 2.42 bits per heavy atom. The van der Waals surface area contributed by atoms with E-state index in [1.165, 1.54) is 6.42 Å². The van der Waals surface area contributed by atoms with Crippen molar-refractivity contribution in [3.8, 4) is 0 Å². The van der Waals surface area contributed by atoms with Crippen LogP contribution in [0, 0.1) is 0 Å². The van der Waals surface area contributed by atoms with Crippen molar-refractivity contribution in [3.05, 3.63) is 0 Å². The molecule has 1 rings (SSSR count). The summed E-state index contributed by atoms with van der Waals surface area (Å²) >= 11 is 0. The summed E-state index contributed by atoms with van der Waals surface area (Å²) in [5.74, 6) is 0. The van der Waals surface area contributed by atoms with E-state index in [0.717, 1.165) is 25.9 Å². The predicted molar refractivity (Wildman–Crippen MR) is 48.2 cm³/mol. The van der Waals surface area contributed by atoms with Crippen LogP contribution in [0.25, 0.3) is 0 Å². The smallest absolute Gasteiger partial charge is 0.411 e. The summed E-state index contributed by atoms with van der Waals surface area (Å²) in [5, 5.41) is 0. The molecule has 5 heteroatoms. The van der Waals surface area contributed by atoms with E-state index in [1.807, 2.05) is 0 Å². The molecule has 1 fully saturated rings. The SMILES string of the molecule is Cl.NCOC(=O)N1CCCCC1. The highest BCUT2D eigenvalue weighted by atomic mass is 35.5. The molecule has 1 aliphatic rings. The first-order valence-electron chi connectivity index (χ1n) is 3.96. The van der Waals surface area contributed by atoms with Gasteiger partial charge >= 0.3 is 6.09 Å². The molecule has 4 nitrogen and oxygen atoms in total. The Morgan fingerprint density at radius 1 is 1.33 bits per heavy atom. The van der Waals surface area contributed by atoms with E-state index < -0.39 is 0 Å². The maximum Gasteiger partial charge on any atom is 0.411 e. The number of hydrogen-bond donors (Lipinski definition) is 1. The lowest BCUT2D eigenvalue weighted by Gasteiger charge is -2.25. The van der Waals surface area contributed by atoms with Crippen molar-refractivity contribution in [2.45, 2.75) is 19.3 Å². The number of carbonyl (C=O) groups is 1. The van der Waals surface area contributed by atoms with Gasteiger partial charge in [0, 0.05) is 13.1 Å². The summed E-state index contributed by atoms with van der Waals surface area (Å²) in [5.41, 5.74) is 5.07. The molecule has 0 bridgehead atoms. The molecule has 0 radical (unpaired) electrons. The average molecular weight is 195 g/mol. The Labute approximate surface area is 78.5 Å². The number of halogens is 1. The van der Waals surface area contributed by atoms with E-state index in [-0.39, 0.29) is 25.2 Å². The van der Waals surface area contributed by atoms with Crippen LogP contribution in [0.3, 0.4) is 0 Å². The molecule has 12 heavy (non-hydrogen) atoms. The second-order valence-electron chi connectivity index (χ2n) is 2.62. The summed E-state index contributed by atoms with van der Waals surface area (Å²) in [6.07, 6.45) is 3.11. The van der Waals surface area contributed by atoms with Crippen LogP contribution < -0.4 is 5.73 Å². The molecule has 1 amide bonds. The van der Waals surface area contributed by atoms with Crippen LogP contribution in [0.2, 0.25) is 0 Å². The molecule has 1 heterocycles. The molecular weight excluding hydrogens is 180 g/mol. The first-order valence-corrected chi connectivity index (χ1v) is 3.96. The maximum absolute atomic E-state index is 11.0. The maximum atomic E-state index is 11.0. The number of rotatable bonds is 1. The highest BCUT2D eigenvalue weighted by Gasteiger charge is 2.16. The summed E-state index contributed by atoms with van der Waals surface area (Å²) in [7, 11) is 0. The lowest BCUT2D eigenvalue weighted by Crippen LogP contribution is -2.36. The van der Waals surface area contributed by atoms with E-state index in [2.05, 4.69) is 4.74 Å². The standard InChI is InChI=1S/C7H14N2O2.ClH/c8-6-11-7(10)9-4-2-1-3-5-9;/h1-6,8H2;1H. The second-order valence-corrected chi connectivity index (χ2v) is 2.62. The quantitative estimate of drug-likeness (QED) is 0.633. The normalized spacial score (nSPS) is 16.6. The predicted octanol–water partition coefficient (Wildman–Crippen LogP) is 0.947. The summed E-state index contributed by atoms with van der Waals surface area (Å²) in [6.45, 7) is 1.62. The van der Waals surface area contributed by atoms with Gasteiger partial charge in [-0.25, -0.2) is 4.79 Å². The molecule has 0 aromatic heterocycles. The minimum Gasteiger partial charge on any atom is -0.434 e. The Morgan fingerprint density at radius 2 is 1.92 bits per heavy atom. The number of carbonyl (C=O) groups excluding carboxylic acids is 1. The van der Waals surface area contributed by atoms with Gasteiger partial charge in [0.1, 0.15) is 6.73 Å². The van der Waals surface area contributed by atoms with Gasteiger partial charge in [0.25, 0.3) is 0 Å². The molecule has 0 aliphatic carbocycles. The molecule has 72 valence electrons. The van der Waals surface area contributed by atoms with Gasteiger partial charge in [-0.2, -0.15) is 0 Å². The Kier molecular flexibility index (Phi) is 5.84. The molecule has 0 unspecified atom stereocenters. The van der Waals surface area contributed by atoms with Crippen molar-refractivity contribution in [2.75, 3.05) is 19.8 Å². The van der Waals surface area contributed by atoms with Crippen LogP contribution >= 0.6 is 12.4 Å². The van der Waals surface area contributed by atoms with Crippen molar-refractivity contribution < 1.29 is 9.53 Å². The summed E-state index contributed by atoms with van der Waals surface area (Å²) in [4.78, 5) is 12.7. The molecule has 0 aromatic carbocycles. The third-order valence-electron chi connectivity index (χ3n) is 1.82. The van der Waals surface area contributed by atoms with Crippen molar-refractivity contribution in [1.82, 2.24) is 4.90 Å². The summed E-state index contributed by atoms with van der Waals surface area (Å²) < 4.78 is 4.65. The summed E-state index contributed by atoms with van der Waals surface area (Å²) in [6, 6.07) is 0. The fourth-order valence-corrected chi connectivity index (χ4v) is 1.24. The topological polar surface area (TPSA) is 55.6 Å². The Hall–Kier alpha value is -0.480. The van der Waals surface area contributed by atoms with Gasteiger partial charge in [-0.15, -0.1) is 12.4 Å². The molecule has 0 saturated carbocycles. The van der Waals surface area contributed by atoms with Crippen molar-refractivity contribution in [3.63, 3.8) is 0 Å². The molecule has 2 N–H and O–H groups in total. The Balaban J connectivity index is 0.00000121. The average Bonchev–Trinajstić information content (AvgIpc) is 2.07. The zero-order valence-corrected chi connectivity index (χ0v) is 7.81. The lowest BCUT2D eigenvalue weighted by molar-refractivity contribution is 0.0975.